The van der Waals surface area contributed by atoms with Gasteiger partial charge in [0.2, 0.25) is 0 Å². The van der Waals surface area contributed by atoms with Gasteiger partial charge in [-0.1, -0.05) is 26.8 Å². The van der Waals surface area contributed by atoms with E-state index in [0.29, 0.717) is 0 Å². The molecule has 0 aliphatic heterocycles. The van der Waals surface area contributed by atoms with E-state index in [2.05, 4.69) is 20.8 Å². The number of nitrogens with two attached hydrogens (primary N) is 1. The number of allylic oxidation sites excluding steroid dienone is 1. The van der Waals surface area contributed by atoms with Gasteiger partial charge >= 0.3 is 0 Å². The van der Waals surface area contributed by atoms with Crippen LogP contribution in [0.25, 0.3) is 0 Å². The fraction of sp³-hybridized carbons (Fsp3) is 0.714. The van der Waals surface area contributed by atoms with Crippen LogP contribution >= 0.6 is 0 Å². The lowest BCUT2D eigenvalue weighted by Crippen LogP contribution is -2.05. The molecule has 0 aromatic heterocycles. The number of hydrogen-bond acceptors (Lipinski definition) is 1. The second kappa shape index (κ2) is 2.75. The summed E-state index contributed by atoms with van der Waals surface area (Å²) >= 11 is 0. The SMILES string of the molecule is CCC(C)(C)/C=C\N. The molecule has 0 aromatic carbocycles. The summed E-state index contributed by atoms with van der Waals surface area (Å²) in [7, 11) is 0. The van der Waals surface area contributed by atoms with Crippen LogP contribution in [0.1, 0.15) is 27.2 Å². The topological polar surface area (TPSA) is 26.0 Å². The van der Waals surface area contributed by atoms with Gasteiger partial charge in [-0.05, 0) is 18.0 Å². The van der Waals surface area contributed by atoms with Gasteiger partial charge in [0, 0.05) is 0 Å². The van der Waals surface area contributed by atoms with Crippen LogP contribution in [0.15, 0.2) is 12.3 Å². The second-order valence-electron chi connectivity index (χ2n) is 2.70. The maximum atomic E-state index is 5.21. The Hall–Kier alpha value is -0.460. The summed E-state index contributed by atoms with van der Waals surface area (Å²) in [6, 6.07) is 0. The number of rotatable bonds is 2. The van der Waals surface area contributed by atoms with Gasteiger partial charge in [0.05, 0.1) is 0 Å². The predicted molar refractivity (Wildman–Crippen MR) is 37.4 cm³/mol. The molecule has 0 rings (SSSR count). The average molecular weight is 113 g/mol. The first-order valence-corrected chi connectivity index (χ1v) is 3.02. The van der Waals surface area contributed by atoms with Crippen LogP contribution in [0, 0.1) is 5.41 Å². The molecule has 0 aromatic rings. The zero-order chi connectivity index (χ0) is 6.62. The summed E-state index contributed by atoms with van der Waals surface area (Å²) in [4.78, 5) is 0. The summed E-state index contributed by atoms with van der Waals surface area (Å²) in [6.45, 7) is 6.48. The molecule has 48 valence electrons. The highest BCUT2D eigenvalue weighted by Gasteiger charge is 2.08. The lowest BCUT2D eigenvalue weighted by Gasteiger charge is -2.15. The van der Waals surface area contributed by atoms with Crippen molar-refractivity contribution >= 4 is 0 Å². The van der Waals surface area contributed by atoms with Gasteiger partial charge in [-0.3, -0.25) is 0 Å². The van der Waals surface area contributed by atoms with E-state index in [1.54, 1.807) is 6.20 Å². The quantitative estimate of drug-likeness (QED) is 0.581. The van der Waals surface area contributed by atoms with E-state index in [0.717, 1.165) is 6.42 Å². The van der Waals surface area contributed by atoms with Gasteiger partial charge in [0.15, 0.2) is 0 Å². The molecule has 8 heavy (non-hydrogen) atoms. The fourth-order valence-corrected chi connectivity index (χ4v) is 0.378. The highest BCUT2D eigenvalue weighted by molar-refractivity contribution is 4.90. The Morgan fingerprint density at radius 3 is 2.12 bits per heavy atom. The van der Waals surface area contributed by atoms with Crippen molar-refractivity contribution in [3.05, 3.63) is 12.3 Å². The summed E-state index contributed by atoms with van der Waals surface area (Å²) in [5.74, 6) is 0. The molecule has 0 bridgehead atoms. The van der Waals surface area contributed by atoms with Gasteiger partial charge in [0.25, 0.3) is 0 Å². The standard InChI is InChI=1S/C7H15N/c1-4-7(2,3)5-6-8/h5-6H,4,8H2,1-3H3/b6-5-. The predicted octanol–water partition coefficient (Wildman–Crippen LogP) is 1.90. The third-order valence-electron chi connectivity index (χ3n) is 1.46. The maximum absolute atomic E-state index is 5.21. The fourth-order valence-electron chi connectivity index (χ4n) is 0.378. The average Bonchev–Trinajstić information content (AvgIpc) is 1.67. The van der Waals surface area contributed by atoms with Gasteiger partial charge < -0.3 is 5.73 Å². The van der Waals surface area contributed by atoms with E-state index in [9.17, 15) is 0 Å². The van der Waals surface area contributed by atoms with Crippen LogP contribution in [0.2, 0.25) is 0 Å². The molecular weight excluding hydrogens is 98.1 g/mol. The van der Waals surface area contributed by atoms with Crippen LogP contribution in [0.4, 0.5) is 0 Å². The Morgan fingerprint density at radius 2 is 2.00 bits per heavy atom. The van der Waals surface area contributed by atoms with E-state index >= 15 is 0 Å². The zero-order valence-electron chi connectivity index (χ0n) is 5.94. The third-order valence-corrected chi connectivity index (χ3v) is 1.46. The minimum atomic E-state index is 0.286. The molecule has 0 aliphatic carbocycles. The monoisotopic (exact) mass is 113 g/mol. The molecule has 0 atom stereocenters. The second-order valence-corrected chi connectivity index (χ2v) is 2.70. The molecule has 0 heterocycles. The zero-order valence-corrected chi connectivity index (χ0v) is 5.94. The van der Waals surface area contributed by atoms with Crippen molar-refractivity contribution in [2.24, 2.45) is 11.1 Å². The van der Waals surface area contributed by atoms with Crippen LogP contribution in [0.5, 0.6) is 0 Å². The molecule has 0 saturated heterocycles. The summed E-state index contributed by atoms with van der Waals surface area (Å²) in [5.41, 5.74) is 5.50. The van der Waals surface area contributed by atoms with Crippen molar-refractivity contribution in [3.8, 4) is 0 Å². The minimum absolute atomic E-state index is 0.286. The highest BCUT2D eigenvalue weighted by atomic mass is 14.5. The largest absolute Gasteiger partial charge is 0.405 e. The summed E-state index contributed by atoms with van der Waals surface area (Å²) in [5, 5.41) is 0. The van der Waals surface area contributed by atoms with Gasteiger partial charge in [-0.2, -0.15) is 0 Å². The smallest absolute Gasteiger partial charge is 0.00976 e. The molecule has 1 nitrogen and oxygen atoms in total. The van der Waals surface area contributed by atoms with Crippen LogP contribution in [-0.2, 0) is 0 Å². The molecular formula is C7H15N. The first-order chi connectivity index (χ1) is 3.62. The van der Waals surface area contributed by atoms with Crippen molar-refractivity contribution in [3.63, 3.8) is 0 Å². The molecule has 0 fully saturated rings. The van der Waals surface area contributed by atoms with Gasteiger partial charge in [-0.25, -0.2) is 0 Å². The first-order valence-electron chi connectivity index (χ1n) is 3.02. The lowest BCUT2D eigenvalue weighted by atomic mass is 9.91. The molecule has 0 aliphatic rings. The molecule has 0 saturated carbocycles. The molecule has 0 amide bonds. The Balaban J connectivity index is 3.71. The van der Waals surface area contributed by atoms with Crippen molar-refractivity contribution in [1.82, 2.24) is 0 Å². The van der Waals surface area contributed by atoms with Crippen LogP contribution in [0.3, 0.4) is 0 Å². The van der Waals surface area contributed by atoms with Crippen molar-refractivity contribution in [2.75, 3.05) is 0 Å². The van der Waals surface area contributed by atoms with E-state index in [-0.39, 0.29) is 5.41 Å². The molecule has 0 radical (unpaired) electrons. The summed E-state index contributed by atoms with van der Waals surface area (Å²) < 4.78 is 0. The minimum Gasteiger partial charge on any atom is -0.405 e. The first kappa shape index (κ1) is 7.54. The molecule has 1 heteroatoms. The van der Waals surface area contributed by atoms with Crippen LogP contribution < -0.4 is 5.73 Å². The van der Waals surface area contributed by atoms with E-state index in [4.69, 9.17) is 5.73 Å². The van der Waals surface area contributed by atoms with Crippen LogP contribution in [-0.4, -0.2) is 0 Å². The highest BCUT2D eigenvalue weighted by Crippen LogP contribution is 2.19. The summed E-state index contributed by atoms with van der Waals surface area (Å²) in [6.07, 6.45) is 4.78. The Labute approximate surface area is 51.6 Å². The van der Waals surface area contributed by atoms with Gasteiger partial charge in [0.1, 0.15) is 0 Å². The van der Waals surface area contributed by atoms with Crippen molar-refractivity contribution in [2.45, 2.75) is 27.2 Å². The third kappa shape index (κ3) is 2.67. The Morgan fingerprint density at radius 1 is 1.50 bits per heavy atom. The van der Waals surface area contributed by atoms with E-state index < -0.39 is 0 Å². The lowest BCUT2D eigenvalue weighted by molar-refractivity contribution is 0.461. The Kier molecular flexibility index (Phi) is 2.59. The molecule has 0 spiro atoms. The number of hydrogen-bond donors (Lipinski definition) is 1. The normalized spacial score (nSPS) is 12.9. The van der Waals surface area contributed by atoms with Crippen molar-refractivity contribution < 1.29 is 0 Å². The Bertz CT molecular complexity index is 82.4. The molecule has 0 unspecified atom stereocenters. The maximum Gasteiger partial charge on any atom is -0.00976 e. The van der Waals surface area contributed by atoms with Crippen molar-refractivity contribution in [1.29, 1.82) is 0 Å². The molecule has 2 N–H and O–H groups in total. The van der Waals surface area contributed by atoms with E-state index in [1.165, 1.54) is 0 Å². The van der Waals surface area contributed by atoms with E-state index in [1.807, 2.05) is 6.08 Å². The van der Waals surface area contributed by atoms with Gasteiger partial charge in [-0.15, -0.1) is 0 Å².